The Kier molecular flexibility index (Phi) is 5.07. The number of aliphatic carboxylic acids is 1. The third kappa shape index (κ3) is 4.91. The zero-order chi connectivity index (χ0) is 16.2. The zero-order valence-electron chi connectivity index (χ0n) is 12.3. The van der Waals surface area contributed by atoms with Crippen molar-refractivity contribution in [2.24, 2.45) is 5.41 Å². The first-order valence-electron chi connectivity index (χ1n) is 6.47. The third-order valence-corrected chi connectivity index (χ3v) is 3.11. The van der Waals surface area contributed by atoms with Crippen molar-refractivity contribution in [1.29, 1.82) is 0 Å². The minimum absolute atomic E-state index is 0.0377. The normalized spacial score (nSPS) is 11.0. The van der Waals surface area contributed by atoms with Crippen LogP contribution in [0.2, 0.25) is 0 Å². The van der Waals surface area contributed by atoms with E-state index in [1.807, 2.05) is 0 Å². The molecule has 0 atom stereocenters. The molecule has 0 saturated carbocycles. The number of hydrogen-bond acceptors (Lipinski definition) is 3. The lowest BCUT2D eigenvalue weighted by Gasteiger charge is -2.22. The summed E-state index contributed by atoms with van der Waals surface area (Å²) in [6.45, 7) is 5.00. The van der Waals surface area contributed by atoms with Crippen LogP contribution < -0.4 is 5.32 Å². The van der Waals surface area contributed by atoms with Crippen LogP contribution in [-0.2, 0) is 9.59 Å². The van der Waals surface area contributed by atoms with Crippen LogP contribution >= 0.6 is 0 Å². The molecule has 0 aliphatic rings. The lowest BCUT2D eigenvalue weighted by atomic mass is 9.85. The molecule has 1 amide bonds. The van der Waals surface area contributed by atoms with Gasteiger partial charge in [0, 0.05) is 12.1 Å². The van der Waals surface area contributed by atoms with Gasteiger partial charge in [-0.15, -0.1) is 0 Å². The molecule has 3 N–H and O–H groups in total. The van der Waals surface area contributed by atoms with Crippen LogP contribution in [0.5, 0.6) is 0 Å². The monoisotopic (exact) mass is 293 g/mol. The SMILES string of the molecule is Cc1c(NC(=O)CC(C)(C)CC(=O)O)cccc1C(=O)O. The van der Waals surface area contributed by atoms with Crippen LogP contribution in [0.15, 0.2) is 18.2 Å². The molecule has 0 radical (unpaired) electrons. The molecule has 21 heavy (non-hydrogen) atoms. The summed E-state index contributed by atoms with van der Waals surface area (Å²) < 4.78 is 0. The second kappa shape index (κ2) is 6.39. The Hall–Kier alpha value is -2.37. The van der Waals surface area contributed by atoms with Gasteiger partial charge >= 0.3 is 11.9 Å². The molecule has 0 aromatic heterocycles. The van der Waals surface area contributed by atoms with Crippen LogP contribution in [0.3, 0.4) is 0 Å². The Bertz CT molecular complexity index is 577. The molecule has 0 heterocycles. The van der Waals surface area contributed by atoms with Gasteiger partial charge in [-0.1, -0.05) is 19.9 Å². The maximum absolute atomic E-state index is 12.0. The van der Waals surface area contributed by atoms with Gasteiger partial charge < -0.3 is 15.5 Å². The summed E-state index contributed by atoms with van der Waals surface area (Å²) in [4.78, 5) is 33.8. The van der Waals surface area contributed by atoms with Gasteiger partial charge in [0.15, 0.2) is 0 Å². The Morgan fingerprint density at radius 2 is 1.76 bits per heavy atom. The summed E-state index contributed by atoms with van der Waals surface area (Å²) in [5.74, 6) is -2.36. The summed E-state index contributed by atoms with van der Waals surface area (Å²) in [5, 5.41) is 20.5. The number of benzene rings is 1. The number of anilines is 1. The summed E-state index contributed by atoms with van der Waals surface area (Å²) in [6, 6.07) is 4.63. The van der Waals surface area contributed by atoms with Crippen LogP contribution in [0, 0.1) is 12.3 Å². The van der Waals surface area contributed by atoms with Gasteiger partial charge in [-0.05, 0) is 30.0 Å². The van der Waals surface area contributed by atoms with Crippen molar-refractivity contribution in [2.75, 3.05) is 5.32 Å². The quantitative estimate of drug-likeness (QED) is 0.747. The molecule has 0 unspecified atom stereocenters. The first kappa shape index (κ1) is 16.7. The van der Waals surface area contributed by atoms with Crippen LogP contribution in [0.4, 0.5) is 5.69 Å². The van der Waals surface area contributed by atoms with Gasteiger partial charge in [0.2, 0.25) is 5.91 Å². The molecule has 6 nitrogen and oxygen atoms in total. The first-order chi connectivity index (χ1) is 9.62. The highest BCUT2D eigenvalue weighted by Gasteiger charge is 2.25. The largest absolute Gasteiger partial charge is 0.481 e. The molecule has 0 fully saturated rings. The molecule has 1 aromatic rings. The number of aromatic carboxylic acids is 1. The van der Waals surface area contributed by atoms with Crippen molar-refractivity contribution in [3.63, 3.8) is 0 Å². The van der Waals surface area contributed by atoms with Crippen molar-refractivity contribution >= 4 is 23.5 Å². The van der Waals surface area contributed by atoms with Crippen molar-refractivity contribution in [1.82, 2.24) is 0 Å². The Morgan fingerprint density at radius 3 is 2.29 bits per heavy atom. The van der Waals surface area contributed by atoms with E-state index < -0.39 is 17.4 Å². The molecule has 114 valence electrons. The average Bonchev–Trinajstić information content (AvgIpc) is 2.28. The van der Waals surface area contributed by atoms with E-state index >= 15 is 0 Å². The molecular weight excluding hydrogens is 274 g/mol. The highest BCUT2D eigenvalue weighted by atomic mass is 16.4. The predicted octanol–water partition coefficient (Wildman–Crippen LogP) is 2.52. The molecule has 0 aliphatic carbocycles. The molecule has 0 aliphatic heterocycles. The van der Waals surface area contributed by atoms with Gasteiger partial charge in [-0.3, -0.25) is 9.59 Å². The van der Waals surface area contributed by atoms with Gasteiger partial charge in [0.25, 0.3) is 0 Å². The fraction of sp³-hybridized carbons (Fsp3) is 0.400. The highest BCUT2D eigenvalue weighted by Crippen LogP contribution is 2.26. The smallest absolute Gasteiger partial charge is 0.336 e. The average molecular weight is 293 g/mol. The Morgan fingerprint density at radius 1 is 1.14 bits per heavy atom. The van der Waals surface area contributed by atoms with E-state index in [2.05, 4.69) is 5.32 Å². The number of carboxylic acids is 2. The van der Waals surface area contributed by atoms with Gasteiger partial charge in [-0.2, -0.15) is 0 Å². The fourth-order valence-electron chi connectivity index (χ4n) is 2.10. The minimum atomic E-state index is -1.06. The number of amides is 1. The lowest BCUT2D eigenvalue weighted by molar-refractivity contribution is -0.139. The molecule has 1 aromatic carbocycles. The van der Waals surface area contributed by atoms with Gasteiger partial charge in [0.05, 0.1) is 12.0 Å². The molecule has 6 heteroatoms. The summed E-state index contributed by atoms with van der Waals surface area (Å²) in [5.41, 5.74) is 0.340. The van der Waals surface area contributed by atoms with E-state index in [9.17, 15) is 14.4 Å². The fourth-order valence-corrected chi connectivity index (χ4v) is 2.10. The van der Waals surface area contributed by atoms with Crippen LogP contribution in [-0.4, -0.2) is 28.1 Å². The summed E-state index contributed by atoms with van der Waals surface area (Å²) in [7, 11) is 0. The highest BCUT2D eigenvalue weighted by molar-refractivity contribution is 5.96. The number of hydrogen-bond donors (Lipinski definition) is 3. The Balaban J connectivity index is 2.83. The number of carbonyl (C=O) groups excluding carboxylic acids is 1. The zero-order valence-corrected chi connectivity index (χ0v) is 12.3. The second-order valence-electron chi connectivity index (χ2n) is 5.74. The van der Waals surface area contributed by atoms with E-state index in [1.54, 1.807) is 32.9 Å². The van der Waals surface area contributed by atoms with E-state index in [1.165, 1.54) is 6.07 Å². The third-order valence-electron chi connectivity index (χ3n) is 3.11. The van der Waals surface area contributed by atoms with Crippen LogP contribution in [0.1, 0.15) is 42.6 Å². The lowest BCUT2D eigenvalue weighted by Crippen LogP contribution is -2.25. The molecule has 1 rings (SSSR count). The standard InChI is InChI=1S/C15H19NO5/c1-9-10(14(20)21)5-4-6-11(9)16-12(17)7-15(2,3)8-13(18)19/h4-6H,7-8H2,1-3H3,(H,16,17)(H,18,19)(H,20,21). The van der Waals surface area contributed by atoms with E-state index in [4.69, 9.17) is 10.2 Å². The number of carbonyl (C=O) groups is 3. The number of rotatable bonds is 6. The summed E-state index contributed by atoms with van der Waals surface area (Å²) >= 11 is 0. The van der Waals surface area contributed by atoms with Crippen LogP contribution in [0.25, 0.3) is 0 Å². The summed E-state index contributed by atoms with van der Waals surface area (Å²) in [6.07, 6.45) is -0.0788. The number of carboxylic acid groups (broad SMARTS) is 2. The van der Waals surface area contributed by atoms with Crippen molar-refractivity contribution < 1.29 is 24.6 Å². The first-order valence-corrected chi connectivity index (χ1v) is 6.47. The van der Waals surface area contributed by atoms with Crippen molar-refractivity contribution in [3.8, 4) is 0 Å². The van der Waals surface area contributed by atoms with Gasteiger partial charge in [0.1, 0.15) is 0 Å². The topological polar surface area (TPSA) is 104 Å². The maximum Gasteiger partial charge on any atom is 0.336 e. The van der Waals surface area contributed by atoms with E-state index in [0.29, 0.717) is 11.3 Å². The van der Waals surface area contributed by atoms with Crippen molar-refractivity contribution in [2.45, 2.75) is 33.6 Å². The van der Waals surface area contributed by atoms with Gasteiger partial charge in [-0.25, -0.2) is 4.79 Å². The molecule has 0 saturated heterocycles. The molecular formula is C15H19NO5. The molecule has 0 spiro atoms. The second-order valence-corrected chi connectivity index (χ2v) is 5.74. The minimum Gasteiger partial charge on any atom is -0.481 e. The predicted molar refractivity (Wildman–Crippen MR) is 77.4 cm³/mol. The number of nitrogens with one attached hydrogen (secondary N) is 1. The maximum atomic E-state index is 12.0. The Labute approximate surface area is 122 Å². The van der Waals surface area contributed by atoms with E-state index in [-0.39, 0.29) is 24.3 Å². The molecule has 0 bridgehead atoms. The van der Waals surface area contributed by atoms with Crippen molar-refractivity contribution in [3.05, 3.63) is 29.3 Å². The van der Waals surface area contributed by atoms with E-state index in [0.717, 1.165) is 0 Å².